The van der Waals surface area contributed by atoms with Gasteiger partial charge in [0.1, 0.15) is 5.75 Å². The molecule has 3 heterocycles. The molecule has 0 amide bonds. The number of hydrogen-bond donors (Lipinski definition) is 3. The van der Waals surface area contributed by atoms with E-state index in [1.165, 1.54) is 30.9 Å². The molecule has 0 spiro atoms. The number of rotatable bonds is 5. The fraction of sp³-hybridized carbons (Fsp3) is 0.455. The molecule has 1 aromatic heterocycles. The molecule has 2 aliphatic rings. The number of phenolic OH excluding ortho intramolecular Hbond substituents is 1. The molecule has 0 radical (unpaired) electrons. The Morgan fingerprint density at radius 1 is 1.20 bits per heavy atom. The minimum absolute atomic E-state index is 0.0753. The summed E-state index contributed by atoms with van der Waals surface area (Å²) in [5.74, 6) is 0.919. The van der Waals surface area contributed by atoms with Gasteiger partial charge in [-0.3, -0.25) is 0 Å². The molecule has 1 unspecified atom stereocenters. The van der Waals surface area contributed by atoms with Crippen molar-refractivity contribution in [2.75, 3.05) is 18.2 Å². The highest BCUT2D eigenvalue weighted by atomic mass is 32.2. The lowest BCUT2D eigenvalue weighted by atomic mass is 9.83. The highest BCUT2D eigenvalue weighted by molar-refractivity contribution is 7.94. The number of anilines is 1. The average molecular weight is 428 g/mol. The molecule has 7 nitrogen and oxygen atoms in total. The van der Waals surface area contributed by atoms with Crippen LogP contribution >= 0.6 is 0 Å². The molecule has 30 heavy (non-hydrogen) atoms. The van der Waals surface area contributed by atoms with Crippen molar-refractivity contribution in [1.82, 2.24) is 15.5 Å². The van der Waals surface area contributed by atoms with Gasteiger partial charge in [0, 0.05) is 42.4 Å². The molecule has 2 fully saturated rings. The van der Waals surface area contributed by atoms with Crippen LogP contribution in [0.4, 0.5) is 5.82 Å². The first kappa shape index (κ1) is 20.8. The zero-order valence-corrected chi connectivity index (χ0v) is 18.2. The lowest BCUT2D eigenvalue weighted by molar-refractivity contribution is 0.219. The van der Waals surface area contributed by atoms with E-state index < -0.39 is 9.73 Å². The second-order valence-electron chi connectivity index (χ2n) is 8.49. The molecule has 3 N–H and O–H groups in total. The maximum Gasteiger partial charge on any atom is 0.151 e. The largest absolute Gasteiger partial charge is 0.507 e. The zero-order chi connectivity index (χ0) is 21.3. The molecule has 3 atom stereocenters. The van der Waals surface area contributed by atoms with Gasteiger partial charge < -0.3 is 15.3 Å². The van der Waals surface area contributed by atoms with Crippen LogP contribution in [0, 0.1) is 4.78 Å². The SMILES string of the molecule is CN(c1ccc(-c2ccc(/C=C/S(C)(=N)=O)cc2O)nn1)C1C[C@@H]2CCC[C@@H](C1)N2. The fourth-order valence-electron chi connectivity index (χ4n) is 4.47. The van der Waals surface area contributed by atoms with E-state index in [2.05, 4.69) is 27.5 Å². The highest BCUT2D eigenvalue weighted by Gasteiger charge is 2.33. The van der Waals surface area contributed by atoms with Gasteiger partial charge in [0.25, 0.3) is 0 Å². The van der Waals surface area contributed by atoms with Gasteiger partial charge in [-0.2, -0.15) is 0 Å². The first-order valence-corrected chi connectivity index (χ1v) is 12.4. The summed E-state index contributed by atoms with van der Waals surface area (Å²) in [7, 11) is -0.629. The van der Waals surface area contributed by atoms with Gasteiger partial charge in [-0.05, 0) is 61.6 Å². The molecule has 2 aromatic rings. The molecule has 2 aliphatic heterocycles. The van der Waals surface area contributed by atoms with E-state index in [1.54, 1.807) is 24.3 Å². The first-order chi connectivity index (χ1) is 14.3. The van der Waals surface area contributed by atoms with Crippen LogP contribution in [0.1, 0.15) is 37.7 Å². The van der Waals surface area contributed by atoms with Crippen molar-refractivity contribution in [3.8, 4) is 17.0 Å². The predicted octanol–water partition coefficient (Wildman–Crippen LogP) is 3.61. The first-order valence-electron chi connectivity index (χ1n) is 10.4. The molecule has 2 saturated heterocycles. The van der Waals surface area contributed by atoms with Crippen LogP contribution in [-0.4, -0.2) is 50.9 Å². The molecule has 0 saturated carbocycles. The third-order valence-corrected chi connectivity index (χ3v) is 6.72. The summed E-state index contributed by atoms with van der Waals surface area (Å²) in [5.41, 5.74) is 1.87. The number of benzene rings is 1. The zero-order valence-electron chi connectivity index (χ0n) is 17.4. The maximum atomic E-state index is 11.5. The monoisotopic (exact) mass is 427 g/mol. The Kier molecular flexibility index (Phi) is 5.79. The summed E-state index contributed by atoms with van der Waals surface area (Å²) in [6, 6.07) is 10.7. The van der Waals surface area contributed by atoms with E-state index in [0.29, 0.717) is 34.9 Å². The molecular weight excluding hydrogens is 398 g/mol. The number of phenols is 1. The standard InChI is InChI=1S/C22H29N5O2S/c1-27(18-13-16-4-3-5-17(14-18)24-16)22-9-8-20(25-26-22)19-7-6-15(12-21(19)28)10-11-30(2,23)29/h6-12,16-18,23-24,28H,3-5,13-14H2,1-2H3/b11-10+/t16-,17-,30?/m0/s1. The van der Waals surface area contributed by atoms with Crippen molar-refractivity contribution >= 4 is 21.6 Å². The number of nitrogens with zero attached hydrogens (tertiary/aromatic N) is 3. The van der Waals surface area contributed by atoms with E-state index in [-0.39, 0.29) is 5.75 Å². The molecular formula is C22H29N5O2S. The normalized spacial score (nSPS) is 25.7. The van der Waals surface area contributed by atoms with Crippen molar-refractivity contribution in [2.45, 2.75) is 50.2 Å². The lowest BCUT2D eigenvalue weighted by Crippen LogP contribution is -2.54. The van der Waals surface area contributed by atoms with Crippen LogP contribution in [0.15, 0.2) is 35.7 Å². The molecule has 2 bridgehead atoms. The Morgan fingerprint density at radius 3 is 2.53 bits per heavy atom. The van der Waals surface area contributed by atoms with Gasteiger partial charge in [0.2, 0.25) is 0 Å². The summed E-state index contributed by atoms with van der Waals surface area (Å²) >= 11 is 0. The smallest absolute Gasteiger partial charge is 0.151 e. The number of nitrogens with one attached hydrogen (secondary N) is 2. The lowest BCUT2D eigenvalue weighted by Gasteiger charge is -2.43. The van der Waals surface area contributed by atoms with E-state index in [0.717, 1.165) is 18.7 Å². The van der Waals surface area contributed by atoms with Crippen LogP contribution in [0.3, 0.4) is 0 Å². The number of aromatic hydroxyl groups is 1. The van der Waals surface area contributed by atoms with Crippen molar-refractivity contribution in [1.29, 1.82) is 4.78 Å². The maximum absolute atomic E-state index is 11.5. The number of aromatic nitrogens is 2. The van der Waals surface area contributed by atoms with Crippen LogP contribution in [0.2, 0.25) is 0 Å². The fourth-order valence-corrected chi connectivity index (χ4v) is 4.89. The Balaban J connectivity index is 1.49. The summed E-state index contributed by atoms with van der Waals surface area (Å²) in [6.45, 7) is 0. The summed E-state index contributed by atoms with van der Waals surface area (Å²) < 4.78 is 18.9. The molecule has 1 aromatic carbocycles. The van der Waals surface area contributed by atoms with E-state index in [9.17, 15) is 9.32 Å². The molecule has 0 aliphatic carbocycles. The number of piperidine rings is 2. The molecule has 8 heteroatoms. The van der Waals surface area contributed by atoms with Crippen molar-refractivity contribution in [3.05, 3.63) is 41.3 Å². The van der Waals surface area contributed by atoms with Crippen molar-refractivity contribution < 1.29 is 9.32 Å². The van der Waals surface area contributed by atoms with Gasteiger partial charge in [0.15, 0.2) is 5.82 Å². The van der Waals surface area contributed by atoms with E-state index >= 15 is 0 Å². The summed E-state index contributed by atoms with van der Waals surface area (Å²) in [6.07, 6.45) is 9.04. The summed E-state index contributed by atoms with van der Waals surface area (Å²) in [5, 5.41) is 24.2. The van der Waals surface area contributed by atoms with Gasteiger partial charge in [-0.1, -0.05) is 12.5 Å². The third-order valence-electron chi connectivity index (χ3n) is 6.07. The topological polar surface area (TPSA) is 102 Å². The quantitative estimate of drug-likeness (QED) is 0.674. The molecule has 160 valence electrons. The minimum Gasteiger partial charge on any atom is -0.507 e. The van der Waals surface area contributed by atoms with Gasteiger partial charge in [-0.15, -0.1) is 10.2 Å². The van der Waals surface area contributed by atoms with Crippen LogP contribution in [-0.2, 0) is 9.73 Å². The Labute approximate surface area is 178 Å². The average Bonchev–Trinajstić information content (AvgIpc) is 2.71. The van der Waals surface area contributed by atoms with Crippen LogP contribution in [0.25, 0.3) is 17.3 Å². The van der Waals surface area contributed by atoms with E-state index in [4.69, 9.17) is 4.78 Å². The highest BCUT2D eigenvalue weighted by Crippen LogP contribution is 2.32. The minimum atomic E-state index is -2.72. The van der Waals surface area contributed by atoms with Gasteiger partial charge >= 0.3 is 0 Å². The second kappa shape index (κ2) is 8.35. The third kappa shape index (κ3) is 4.82. The van der Waals surface area contributed by atoms with Crippen molar-refractivity contribution in [3.63, 3.8) is 0 Å². The molecule has 4 rings (SSSR count). The van der Waals surface area contributed by atoms with Crippen molar-refractivity contribution in [2.24, 2.45) is 0 Å². The van der Waals surface area contributed by atoms with Crippen LogP contribution < -0.4 is 10.2 Å². The number of fused-ring (bicyclic) bond motifs is 2. The predicted molar refractivity (Wildman–Crippen MR) is 121 cm³/mol. The van der Waals surface area contributed by atoms with Crippen LogP contribution in [0.5, 0.6) is 5.75 Å². The Bertz CT molecular complexity index is 1020. The van der Waals surface area contributed by atoms with Gasteiger partial charge in [0.05, 0.1) is 15.4 Å². The van der Waals surface area contributed by atoms with E-state index in [1.807, 2.05) is 12.1 Å². The summed E-state index contributed by atoms with van der Waals surface area (Å²) in [4.78, 5) is 2.24. The second-order valence-corrected chi connectivity index (χ2v) is 10.6. The Hall–Kier alpha value is -2.45. The van der Waals surface area contributed by atoms with Gasteiger partial charge in [-0.25, -0.2) is 8.99 Å². The number of hydrogen-bond acceptors (Lipinski definition) is 7. The Morgan fingerprint density at radius 2 is 1.93 bits per heavy atom.